The molecule has 1 amide bonds. The maximum atomic E-state index is 11.5. The Morgan fingerprint density at radius 1 is 1.32 bits per heavy atom. The molecule has 0 aliphatic rings. The number of hydrogen-bond donors (Lipinski definition) is 2. The Balaban J connectivity index is 2.56. The van der Waals surface area contributed by atoms with Crippen LogP contribution in [-0.2, 0) is 16.8 Å². The van der Waals surface area contributed by atoms with Gasteiger partial charge in [-0.15, -0.1) is 0 Å². The first-order chi connectivity index (χ1) is 8.85. The van der Waals surface area contributed by atoms with Crippen molar-refractivity contribution in [2.75, 3.05) is 0 Å². The minimum atomic E-state index is -0.0901. The Morgan fingerprint density at radius 2 is 1.89 bits per heavy atom. The Labute approximate surface area is 116 Å². The Kier molecular flexibility index (Phi) is 5.55. The molecule has 1 unspecified atom stereocenters. The van der Waals surface area contributed by atoms with E-state index in [0.29, 0.717) is 13.0 Å². The summed E-state index contributed by atoms with van der Waals surface area (Å²) in [6, 6.07) is 8.37. The van der Waals surface area contributed by atoms with Crippen LogP contribution in [0.25, 0.3) is 0 Å². The average Bonchev–Trinajstić information content (AvgIpc) is 2.36. The fourth-order valence-electron chi connectivity index (χ4n) is 1.84. The van der Waals surface area contributed by atoms with E-state index in [0.717, 1.165) is 12.0 Å². The predicted molar refractivity (Wildman–Crippen MR) is 79.9 cm³/mol. The maximum absolute atomic E-state index is 11.5. The lowest BCUT2D eigenvalue weighted by atomic mass is 9.82. The molecule has 1 aromatic rings. The van der Waals surface area contributed by atoms with E-state index in [1.165, 1.54) is 5.56 Å². The fraction of sp³-hybridized carbons (Fsp3) is 0.562. The van der Waals surface area contributed by atoms with E-state index in [4.69, 9.17) is 5.73 Å². The molecule has 1 rings (SSSR count). The van der Waals surface area contributed by atoms with E-state index < -0.39 is 0 Å². The first kappa shape index (κ1) is 15.7. The second-order valence-corrected chi connectivity index (χ2v) is 5.89. The minimum Gasteiger partial charge on any atom is -0.352 e. The van der Waals surface area contributed by atoms with Crippen molar-refractivity contribution >= 4 is 5.91 Å². The van der Waals surface area contributed by atoms with Crippen molar-refractivity contribution in [3.63, 3.8) is 0 Å². The number of benzene rings is 1. The summed E-state index contributed by atoms with van der Waals surface area (Å²) < 4.78 is 0. The van der Waals surface area contributed by atoms with Crippen LogP contribution in [0.15, 0.2) is 24.3 Å². The quantitative estimate of drug-likeness (QED) is 0.828. The van der Waals surface area contributed by atoms with E-state index in [2.05, 4.69) is 50.4 Å². The number of nitrogens with two attached hydrogens (primary N) is 1. The zero-order valence-electron chi connectivity index (χ0n) is 12.5. The molecule has 0 aliphatic heterocycles. The summed E-state index contributed by atoms with van der Waals surface area (Å²) in [5, 5.41) is 2.88. The molecule has 3 heteroatoms. The summed E-state index contributed by atoms with van der Waals surface area (Å²) in [4.78, 5) is 11.5. The lowest BCUT2D eigenvalue weighted by molar-refractivity contribution is -0.121. The highest BCUT2D eigenvalue weighted by Crippen LogP contribution is 2.26. The number of carbonyl (C=O) groups is 1. The van der Waals surface area contributed by atoms with Crippen LogP contribution in [0, 0.1) is 0 Å². The van der Waals surface area contributed by atoms with Gasteiger partial charge in [0.15, 0.2) is 0 Å². The molecule has 0 saturated heterocycles. The molecule has 0 aromatic heterocycles. The van der Waals surface area contributed by atoms with Crippen LogP contribution in [0.4, 0.5) is 0 Å². The second kappa shape index (κ2) is 6.71. The lowest BCUT2D eigenvalue weighted by Gasteiger charge is -2.23. The molecule has 0 radical (unpaired) electrons. The molecule has 106 valence electrons. The van der Waals surface area contributed by atoms with Crippen molar-refractivity contribution in [3.05, 3.63) is 35.4 Å². The molecule has 1 aromatic carbocycles. The van der Waals surface area contributed by atoms with Gasteiger partial charge < -0.3 is 11.1 Å². The van der Waals surface area contributed by atoms with E-state index in [1.54, 1.807) is 0 Å². The molecule has 3 N–H and O–H groups in total. The van der Waals surface area contributed by atoms with Gasteiger partial charge in [0.2, 0.25) is 5.91 Å². The highest BCUT2D eigenvalue weighted by atomic mass is 16.1. The molecule has 0 aliphatic carbocycles. The van der Waals surface area contributed by atoms with Crippen LogP contribution in [0.3, 0.4) is 0 Å². The molecule has 0 spiro atoms. The first-order valence-electron chi connectivity index (χ1n) is 6.97. The van der Waals surface area contributed by atoms with Crippen molar-refractivity contribution in [1.82, 2.24) is 5.32 Å². The van der Waals surface area contributed by atoms with Gasteiger partial charge in [-0.1, -0.05) is 45.0 Å². The van der Waals surface area contributed by atoms with Crippen molar-refractivity contribution in [3.8, 4) is 0 Å². The molecule has 0 bridgehead atoms. The van der Waals surface area contributed by atoms with Gasteiger partial charge in [-0.05, 0) is 29.9 Å². The molecule has 0 saturated carbocycles. The van der Waals surface area contributed by atoms with Gasteiger partial charge in [-0.25, -0.2) is 0 Å². The summed E-state index contributed by atoms with van der Waals surface area (Å²) in [5.41, 5.74) is 8.24. The van der Waals surface area contributed by atoms with Gasteiger partial charge in [0, 0.05) is 19.0 Å². The number of amides is 1. The molecular formula is C16H26N2O. The van der Waals surface area contributed by atoms with E-state index in [1.807, 2.05) is 6.92 Å². The van der Waals surface area contributed by atoms with Gasteiger partial charge in [-0.3, -0.25) is 4.79 Å². The minimum absolute atomic E-state index is 0.00737. The summed E-state index contributed by atoms with van der Waals surface area (Å²) >= 11 is 0. The van der Waals surface area contributed by atoms with Crippen LogP contribution in [0.1, 0.15) is 51.7 Å². The van der Waals surface area contributed by atoms with E-state index in [-0.39, 0.29) is 17.4 Å². The zero-order chi connectivity index (χ0) is 14.5. The number of hydrogen-bond acceptors (Lipinski definition) is 2. The van der Waals surface area contributed by atoms with Gasteiger partial charge in [0.1, 0.15) is 0 Å². The maximum Gasteiger partial charge on any atom is 0.221 e. The first-order valence-corrected chi connectivity index (χ1v) is 6.97. The molecule has 1 atom stereocenters. The third-order valence-electron chi connectivity index (χ3n) is 3.62. The molecule has 19 heavy (non-hydrogen) atoms. The number of nitrogens with one attached hydrogen (secondary N) is 1. The highest BCUT2D eigenvalue weighted by Gasteiger charge is 2.17. The molecule has 0 heterocycles. The monoisotopic (exact) mass is 262 g/mol. The third kappa shape index (κ3) is 5.03. The van der Waals surface area contributed by atoms with Crippen LogP contribution in [0.5, 0.6) is 0 Å². The van der Waals surface area contributed by atoms with Crippen molar-refractivity contribution in [2.45, 2.75) is 58.5 Å². The summed E-state index contributed by atoms with van der Waals surface area (Å²) in [6.07, 6.45) is 1.48. The SMILES string of the molecule is CCC(C)(C)c1ccc(CNC(=O)CC(C)N)cc1. The molecule has 3 nitrogen and oxygen atoms in total. The fourth-order valence-corrected chi connectivity index (χ4v) is 1.84. The zero-order valence-corrected chi connectivity index (χ0v) is 12.5. The second-order valence-electron chi connectivity index (χ2n) is 5.89. The molecule has 0 fully saturated rings. The lowest BCUT2D eigenvalue weighted by Crippen LogP contribution is -2.29. The predicted octanol–water partition coefficient (Wildman–Crippen LogP) is 2.73. The smallest absolute Gasteiger partial charge is 0.221 e. The van der Waals surface area contributed by atoms with Gasteiger partial charge in [-0.2, -0.15) is 0 Å². The van der Waals surface area contributed by atoms with Crippen LogP contribution in [-0.4, -0.2) is 11.9 Å². The third-order valence-corrected chi connectivity index (χ3v) is 3.62. The van der Waals surface area contributed by atoms with Crippen LogP contribution in [0.2, 0.25) is 0 Å². The van der Waals surface area contributed by atoms with Crippen LogP contribution < -0.4 is 11.1 Å². The summed E-state index contributed by atoms with van der Waals surface area (Å²) in [7, 11) is 0. The van der Waals surface area contributed by atoms with E-state index in [9.17, 15) is 4.79 Å². The van der Waals surface area contributed by atoms with Crippen molar-refractivity contribution in [1.29, 1.82) is 0 Å². The Bertz CT molecular complexity index is 407. The standard InChI is InChI=1S/C16H26N2O/c1-5-16(3,4)14-8-6-13(7-9-14)11-18-15(19)10-12(2)17/h6-9,12H,5,10-11,17H2,1-4H3,(H,18,19). The topological polar surface area (TPSA) is 55.1 Å². The number of carbonyl (C=O) groups excluding carboxylic acids is 1. The summed E-state index contributed by atoms with van der Waals surface area (Å²) in [6.45, 7) is 9.08. The van der Waals surface area contributed by atoms with E-state index >= 15 is 0 Å². The highest BCUT2D eigenvalue weighted by molar-refractivity contribution is 5.76. The Morgan fingerprint density at radius 3 is 2.37 bits per heavy atom. The summed E-state index contributed by atoms with van der Waals surface area (Å²) in [5.74, 6) is 0.00737. The molecular weight excluding hydrogens is 236 g/mol. The van der Waals surface area contributed by atoms with Crippen molar-refractivity contribution in [2.24, 2.45) is 5.73 Å². The van der Waals surface area contributed by atoms with Gasteiger partial charge in [0.05, 0.1) is 0 Å². The normalized spacial score (nSPS) is 13.1. The Hall–Kier alpha value is -1.35. The van der Waals surface area contributed by atoms with Crippen molar-refractivity contribution < 1.29 is 4.79 Å². The number of rotatable bonds is 6. The van der Waals surface area contributed by atoms with Crippen LogP contribution >= 0.6 is 0 Å². The average molecular weight is 262 g/mol. The van der Waals surface area contributed by atoms with Gasteiger partial charge in [0.25, 0.3) is 0 Å². The van der Waals surface area contributed by atoms with Gasteiger partial charge >= 0.3 is 0 Å². The largest absolute Gasteiger partial charge is 0.352 e.